The quantitative estimate of drug-likeness (QED) is 0.706. The maximum Gasteiger partial charge on any atom is 0.241 e. The highest BCUT2D eigenvalue weighted by Gasteiger charge is 2.24. The molecule has 0 spiro atoms. The predicted molar refractivity (Wildman–Crippen MR) is 120 cm³/mol. The minimum atomic E-state index is -0.148. The number of nitrogens with one attached hydrogen (secondary N) is 1. The van der Waals surface area contributed by atoms with Crippen LogP contribution in [0.1, 0.15) is 18.9 Å². The first-order chi connectivity index (χ1) is 14.2. The number of hydrogen-bond acceptors (Lipinski definition) is 3. The van der Waals surface area contributed by atoms with E-state index in [1.807, 2.05) is 31.2 Å². The number of carbonyl (C=O) groups excluding carboxylic acids is 1. The van der Waals surface area contributed by atoms with Gasteiger partial charge in [0.2, 0.25) is 5.91 Å². The average Bonchev–Trinajstić information content (AvgIpc) is 3.00. The van der Waals surface area contributed by atoms with Crippen molar-refractivity contribution in [3.05, 3.63) is 78.4 Å². The van der Waals surface area contributed by atoms with E-state index in [4.69, 9.17) is 0 Å². The Morgan fingerprint density at radius 1 is 0.897 bits per heavy atom. The molecule has 4 rings (SSSR count). The largest absolute Gasteiger partial charge is 0.324 e. The van der Waals surface area contributed by atoms with Gasteiger partial charge in [-0.1, -0.05) is 66.7 Å². The molecule has 0 aromatic heterocycles. The summed E-state index contributed by atoms with van der Waals surface area (Å²) in [5.41, 5.74) is 2.24. The molecule has 1 fully saturated rings. The standard InChI is InChI=1S/C25H29N3O/c1-20(25(29)26-24-14-7-12-22-11-5-6-13-23(22)24)28-16-8-15-27(17-18-28)19-21-9-3-2-4-10-21/h2-7,9-14,20H,8,15-19H2,1H3,(H,26,29). The molecule has 1 aliphatic rings. The molecule has 4 nitrogen and oxygen atoms in total. The lowest BCUT2D eigenvalue weighted by Crippen LogP contribution is -2.43. The monoisotopic (exact) mass is 387 g/mol. The minimum absolute atomic E-state index is 0.0675. The van der Waals surface area contributed by atoms with Gasteiger partial charge in [-0.3, -0.25) is 14.6 Å². The van der Waals surface area contributed by atoms with Gasteiger partial charge >= 0.3 is 0 Å². The number of carbonyl (C=O) groups is 1. The number of rotatable bonds is 5. The van der Waals surface area contributed by atoms with Gasteiger partial charge in [0.25, 0.3) is 0 Å². The molecule has 0 bridgehead atoms. The lowest BCUT2D eigenvalue weighted by atomic mass is 10.1. The van der Waals surface area contributed by atoms with Crippen molar-refractivity contribution >= 4 is 22.4 Å². The van der Waals surface area contributed by atoms with Crippen molar-refractivity contribution in [1.82, 2.24) is 9.80 Å². The van der Waals surface area contributed by atoms with E-state index in [1.54, 1.807) is 0 Å². The summed E-state index contributed by atoms with van der Waals surface area (Å²) in [4.78, 5) is 17.8. The Hall–Kier alpha value is -2.69. The van der Waals surface area contributed by atoms with Gasteiger partial charge in [-0.15, -0.1) is 0 Å². The van der Waals surface area contributed by atoms with Crippen LogP contribution < -0.4 is 5.32 Å². The topological polar surface area (TPSA) is 35.6 Å². The summed E-state index contributed by atoms with van der Waals surface area (Å²) in [6, 6.07) is 24.7. The van der Waals surface area contributed by atoms with Crippen molar-refractivity contribution in [2.45, 2.75) is 25.9 Å². The van der Waals surface area contributed by atoms with E-state index in [0.29, 0.717) is 0 Å². The van der Waals surface area contributed by atoms with Crippen LogP contribution in [0.25, 0.3) is 10.8 Å². The molecule has 29 heavy (non-hydrogen) atoms. The molecule has 3 aromatic carbocycles. The summed E-state index contributed by atoms with van der Waals surface area (Å²) in [7, 11) is 0. The summed E-state index contributed by atoms with van der Waals surface area (Å²) in [6.45, 7) is 6.93. The third-order valence-electron chi connectivity index (χ3n) is 5.85. The fourth-order valence-electron chi connectivity index (χ4n) is 4.12. The molecular formula is C25H29N3O. The average molecular weight is 388 g/mol. The normalized spacial score (nSPS) is 17.0. The van der Waals surface area contributed by atoms with Crippen LogP contribution in [0.5, 0.6) is 0 Å². The molecule has 0 radical (unpaired) electrons. The highest BCUT2D eigenvalue weighted by atomic mass is 16.2. The highest BCUT2D eigenvalue weighted by Crippen LogP contribution is 2.23. The van der Waals surface area contributed by atoms with E-state index >= 15 is 0 Å². The molecule has 1 aliphatic heterocycles. The Labute approximate surface area is 173 Å². The molecule has 1 heterocycles. The van der Waals surface area contributed by atoms with Crippen LogP contribution in [0.3, 0.4) is 0 Å². The number of benzene rings is 3. The van der Waals surface area contributed by atoms with Crippen molar-refractivity contribution in [2.75, 3.05) is 31.5 Å². The van der Waals surface area contributed by atoms with E-state index in [0.717, 1.165) is 55.6 Å². The van der Waals surface area contributed by atoms with E-state index in [9.17, 15) is 4.79 Å². The van der Waals surface area contributed by atoms with Crippen molar-refractivity contribution < 1.29 is 4.79 Å². The number of nitrogens with zero attached hydrogens (tertiary/aromatic N) is 2. The van der Waals surface area contributed by atoms with E-state index < -0.39 is 0 Å². The fourth-order valence-corrected chi connectivity index (χ4v) is 4.12. The van der Waals surface area contributed by atoms with Gasteiger partial charge in [-0.25, -0.2) is 0 Å². The lowest BCUT2D eigenvalue weighted by molar-refractivity contribution is -0.120. The number of fused-ring (bicyclic) bond motifs is 1. The van der Waals surface area contributed by atoms with Crippen LogP contribution in [0, 0.1) is 0 Å². The fraction of sp³-hybridized carbons (Fsp3) is 0.320. The number of amides is 1. The molecule has 0 aliphatic carbocycles. The van der Waals surface area contributed by atoms with Gasteiger partial charge in [0, 0.05) is 37.3 Å². The Bertz CT molecular complexity index is 951. The number of hydrogen-bond donors (Lipinski definition) is 1. The zero-order valence-electron chi connectivity index (χ0n) is 17.1. The summed E-state index contributed by atoms with van der Waals surface area (Å²) >= 11 is 0. The molecule has 1 saturated heterocycles. The van der Waals surface area contributed by atoms with Gasteiger partial charge in [0.1, 0.15) is 0 Å². The Kier molecular flexibility index (Phi) is 6.23. The van der Waals surface area contributed by atoms with Gasteiger partial charge in [-0.2, -0.15) is 0 Å². The van der Waals surface area contributed by atoms with Crippen LogP contribution in [0.2, 0.25) is 0 Å². The third kappa shape index (κ3) is 4.84. The van der Waals surface area contributed by atoms with Crippen LogP contribution in [0.15, 0.2) is 72.8 Å². The zero-order valence-corrected chi connectivity index (χ0v) is 17.1. The van der Waals surface area contributed by atoms with Gasteiger partial charge in [0.05, 0.1) is 6.04 Å². The van der Waals surface area contributed by atoms with Crippen LogP contribution in [0.4, 0.5) is 5.69 Å². The van der Waals surface area contributed by atoms with E-state index in [2.05, 4.69) is 63.6 Å². The van der Waals surface area contributed by atoms with Crippen molar-refractivity contribution in [3.63, 3.8) is 0 Å². The van der Waals surface area contributed by atoms with Crippen molar-refractivity contribution in [1.29, 1.82) is 0 Å². The first-order valence-corrected chi connectivity index (χ1v) is 10.5. The van der Waals surface area contributed by atoms with Crippen LogP contribution in [-0.2, 0) is 11.3 Å². The molecule has 3 aromatic rings. The molecule has 1 unspecified atom stereocenters. The number of anilines is 1. The summed E-state index contributed by atoms with van der Waals surface area (Å²) in [6.07, 6.45) is 1.08. The van der Waals surface area contributed by atoms with Crippen molar-refractivity contribution in [3.8, 4) is 0 Å². The second-order valence-corrected chi connectivity index (χ2v) is 7.84. The van der Waals surface area contributed by atoms with E-state index in [-0.39, 0.29) is 11.9 Å². The first-order valence-electron chi connectivity index (χ1n) is 10.5. The second-order valence-electron chi connectivity index (χ2n) is 7.84. The maximum atomic E-state index is 13.0. The summed E-state index contributed by atoms with van der Waals surface area (Å²) in [5.74, 6) is 0.0675. The molecule has 4 heteroatoms. The Balaban J connectivity index is 1.37. The predicted octanol–water partition coefficient (Wildman–Crippen LogP) is 4.37. The van der Waals surface area contributed by atoms with Crippen molar-refractivity contribution in [2.24, 2.45) is 0 Å². The van der Waals surface area contributed by atoms with E-state index in [1.165, 1.54) is 5.56 Å². The lowest BCUT2D eigenvalue weighted by Gasteiger charge is -2.27. The van der Waals surface area contributed by atoms with Crippen LogP contribution >= 0.6 is 0 Å². The first kappa shape index (κ1) is 19.6. The molecule has 1 atom stereocenters. The molecule has 1 N–H and O–H groups in total. The third-order valence-corrected chi connectivity index (χ3v) is 5.85. The molecule has 1 amide bonds. The Morgan fingerprint density at radius 3 is 2.52 bits per heavy atom. The Morgan fingerprint density at radius 2 is 1.66 bits per heavy atom. The summed E-state index contributed by atoms with van der Waals surface area (Å²) < 4.78 is 0. The highest BCUT2D eigenvalue weighted by molar-refractivity contribution is 6.03. The maximum absolute atomic E-state index is 13.0. The molecule has 0 saturated carbocycles. The van der Waals surface area contributed by atoms with Gasteiger partial charge in [0.15, 0.2) is 0 Å². The smallest absolute Gasteiger partial charge is 0.241 e. The zero-order chi connectivity index (χ0) is 20.1. The van der Waals surface area contributed by atoms with Gasteiger partial charge < -0.3 is 5.32 Å². The van der Waals surface area contributed by atoms with Crippen LogP contribution in [-0.4, -0.2) is 47.9 Å². The minimum Gasteiger partial charge on any atom is -0.324 e. The second kappa shape index (κ2) is 9.21. The van der Waals surface area contributed by atoms with Gasteiger partial charge in [-0.05, 0) is 36.9 Å². The molecular weight excluding hydrogens is 358 g/mol. The summed E-state index contributed by atoms with van der Waals surface area (Å²) in [5, 5.41) is 5.39. The SMILES string of the molecule is CC(C(=O)Nc1cccc2ccccc12)N1CCCN(Cc2ccccc2)CC1. The molecule has 150 valence electrons.